The predicted octanol–water partition coefficient (Wildman–Crippen LogP) is 5.74. The minimum absolute atomic E-state index is 0.417. The van der Waals surface area contributed by atoms with Crippen molar-refractivity contribution in [2.75, 3.05) is 26.2 Å². The molecule has 1 heterocycles. The molecular weight excluding hydrogens is 498 g/mol. The van der Waals surface area contributed by atoms with Gasteiger partial charge in [0.1, 0.15) is 17.9 Å². The highest BCUT2D eigenvalue weighted by Gasteiger charge is 2.29. The molecule has 1 atom stereocenters. The predicted molar refractivity (Wildman–Crippen MR) is 160 cm³/mol. The number of rotatable bonds is 11. The van der Waals surface area contributed by atoms with Crippen LogP contribution in [0.5, 0.6) is 5.75 Å². The first kappa shape index (κ1) is 28.6. The van der Waals surface area contributed by atoms with Crippen LogP contribution in [0.1, 0.15) is 47.1 Å². The van der Waals surface area contributed by atoms with Gasteiger partial charge in [0.2, 0.25) is 0 Å². The fourth-order valence-corrected chi connectivity index (χ4v) is 4.98. The van der Waals surface area contributed by atoms with E-state index >= 15 is 0 Å². The van der Waals surface area contributed by atoms with Crippen LogP contribution in [-0.4, -0.2) is 48.3 Å². The number of carbonyl (C=O) groups is 1. The number of nitrogens with zero attached hydrogens (tertiary/aromatic N) is 2. The molecule has 0 radical (unpaired) electrons. The number of nitriles is 1. The molecule has 1 saturated heterocycles. The highest BCUT2D eigenvalue weighted by Crippen LogP contribution is 2.30. The summed E-state index contributed by atoms with van der Waals surface area (Å²) >= 11 is 0. The largest absolute Gasteiger partial charge is 0.493 e. The third-order valence-corrected chi connectivity index (χ3v) is 7.17. The van der Waals surface area contributed by atoms with E-state index in [4.69, 9.17) is 11.2 Å². The van der Waals surface area contributed by atoms with Gasteiger partial charge in [-0.25, -0.2) is 0 Å². The van der Waals surface area contributed by atoms with Crippen LogP contribution < -0.4 is 10.1 Å². The van der Waals surface area contributed by atoms with Crippen molar-refractivity contribution in [2.24, 2.45) is 0 Å². The zero-order valence-electron chi connectivity index (χ0n) is 22.9. The van der Waals surface area contributed by atoms with E-state index in [9.17, 15) is 15.2 Å². The molecule has 3 aromatic rings. The van der Waals surface area contributed by atoms with Crippen LogP contribution in [0.3, 0.4) is 0 Å². The number of terminal acetylenes is 1. The van der Waals surface area contributed by atoms with E-state index in [1.165, 1.54) is 0 Å². The maximum atomic E-state index is 11.9. The summed E-state index contributed by atoms with van der Waals surface area (Å²) in [7, 11) is 0. The molecule has 6 heteroatoms. The number of hydrogen-bond donors (Lipinski definition) is 2. The second-order valence-corrected chi connectivity index (χ2v) is 9.94. The van der Waals surface area contributed by atoms with Crippen LogP contribution >= 0.6 is 0 Å². The molecule has 3 aromatic carbocycles. The number of nitrogens with one attached hydrogen (secondary N) is 1. The third kappa shape index (κ3) is 7.18. The normalized spacial score (nSPS) is 15.4. The summed E-state index contributed by atoms with van der Waals surface area (Å²) < 4.78 is 6.25. The van der Waals surface area contributed by atoms with Crippen molar-refractivity contribution in [3.05, 3.63) is 88.5 Å². The molecule has 0 bridgehead atoms. The number of carboxylic acid groups (broad SMARTS) is 1. The van der Waals surface area contributed by atoms with Gasteiger partial charge in [0.15, 0.2) is 0 Å². The van der Waals surface area contributed by atoms with Crippen LogP contribution in [0.4, 0.5) is 0 Å². The van der Waals surface area contributed by atoms with Gasteiger partial charge in [-0.05, 0) is 48.1 Å². The van der Waals surface area contributed by atoms with Gasteiger partial charge in [0.25, 0.3) is 0 Å². The Morgan fingerprint density at radius 3 is 2.70 bits per heavy atom. The molecule has 0 aliphatic carbocycles. The molecule has 0 unspecified atom stereocenters. The van der Waals surface area contributed by atoms with Crippen molar-refractivity contribution in [3.8, 4) is 35.3 Å². The first-order chi connectivity index (χ1) is 19.5. The Kier molecular flexibility index (Phi) is 10.1. The average molecular weight is 534 g/mol. The fraction of sp³-hybridized carbons (Fsp3) is 0.294. The summed E-state index contributed by atoms with van der Waals surface area (Å²) in [5.41, 5.74) is 6.36. The number of hydrogen-bond acceptors (Lipinski definition) is 5. The molecule has 0 aromatic heterocycles. The first-order valence-corrected chi connectivity index (χ1v) is 13.7. The number of aliphatic carboxylic acids is 1. The van der Waals surface area contributed by atoms with Crippen molar-refractivity contribution >= 4 is 18.1 Å². The summed E-state index contributed by atoms with van der Waals surface area (Å²) in [6.45, 7) is 4.87. The molecule has 1 aliphatic rings. The van der Waals surface area contributed by atoms with E-state index < -0.39 is 12.0 Å². The standard InChI is InChI=1S/C34H35N3O3/c1-3-4-5-9-19-40-33-21-28(25(2)20-29(33)24-37-18-17-36-23-32(37)34(38)39)16-15-27-13-10-14-30(31(27)22-35)26-11-7-6-8-12-26/h1,6-8,10-16,20-21,32,36H,4-5,9,17-19,23-24H2,2H3,(H,38,39)/b16-15+/t32-/m0/s1. The highest BCUT2D eigenvalue weighted by atomic mass is 16.5. The van der Waals surface area contributed by atoms with Crippen molar-refractivity contribution < 1.29 is 14.6 Å². The Morgan fingerprint density at radius 2 is 1.95 bits per heavy atom. The van der Waals surface area contributed by atoms with Gasteiger partial charge in [0.05, 0.1) is 12.2 Å². The number of piperazine rings is 1. The van der Waals surface area contributed by atoms with E-state index in [0.717, 1.165) is 58.5 Å². The average Bonchev–Trinajstić information content (AvgIpc) is 2.97. The smallest absolute Gasteiger partial charge is 0.322 e. The summed E-state index contributed by atoms with van der Waals surface area (Å²) in [5.74, 6) is 2.58. The van der Waals surface area contributed by atoms with Crippen LogP contribution in [0.15, 0.2) is 60.7 Å². The van der Waals surface area contributed by atoms with Gasteiger partial charge in [-0.1, -0.05) is 66.7 Å². The quantitative estimate of drug-likeness (QED) is 0.186. The Morgan fingerprint density at radius 1 is 1.15 bits per heavy atom. The van der Waals surface area contributed by atoms with Gasteiger partial charge in [-0.2, -0.15) is 5.26 Å². The van der Waals surface area contributed by atoms with E-state index in [-0.39, 0.29) is 0 Å². The van der Waals surface area contributed by atoms with Crippen molar-refractivity contribution in [3.63, 3.8) is 0 Å². The lowest BCUT2D eigenvalue weighted by Crippen LogP contribution is -2.54. The maximum Gasteiger partial charge on any atom is 0.322 e. The van der Waals surface area contributed by atoms with Crippen molar-refractivity contribution in [2.45, 2.75) is 38.8 Å². The number of unbranched alkanes of at least 4 members (excludes halogenated alkanes) is 2. The first-order valence-electron chi connectivity index (χ1n) is 13.7. The molecule has 204 valence electrons. The Hall–Kier alpha value is -4.36. The SMILES string of the molecule is C#CCCCCOc1cc(/C=C/c2cccc(-c3ccccc3)c2C#N)c(C)cc1CN1CCNC[C@H]1C(=O)O. The van der Waals surface area contributed by atoms with Crippen LogP contribution in [0, 0.1) is 30.6 Å². The lowest BCUT2D eigenvalue weighted by Gasteiger charge is -2.34. The second-order valence-electron chi connectivity index (χ2n) is 9.94. The fourth-order valence-electron chi connectivity index (χ4n) is 4.98. The summed E-state index contributed by atoms with van der Waals surface area (Å²) in [5, 5.41) is 22.9. The van der Waals surface area contributed by atoms with Gasteiger partial charge in [0, 0.05) is 43.7 Å². The molecule has 2 N–H and O–H groups in total. The highest BCUT2D eigenvalue weighted by molar-refractivity contribution is 5.81. The van der Waals surface area contributed by atoms with Crippen molar-refractivity contribution in [1.82, 2.24) is 10.2 Å². The zero-order chi connectivity index (χ0) is 28.3. The number of ether oxygens (including phenoxy) is 1. The third-order valence-electron chi connectivity index (χ3n) is 7.17. The van der Waals surface area contributed by atoms with Gasteiger partial charge in [-0.3, -0.25) is 9.69 Å². The topological polar surface area (TPSA) is 85.6 Å². The van der Waals surface area contributed by atoms with Crippen LogP contribution in [0.25, 0.3) is 23.3 Å². The number of aryl methyl sites for hydroxylation is 1. The van der Waals surface area contributed by atoms with Gasteiger partial charge < -0.3 is 15.2 Å². The molecule has 6 nitrogen and oxygen atoms in total. The minimum Gasteiger partial charge on any atom is -0.493 e. The molecular formula is C34H35N3O3. The van der Waals surface area contributed by atoms with E-state index in [1.807, 2.05) is 78.6 Å². The van der Waals surface area contributed by atoms with Crippen LogP contribution in [0.2, 0.25) is 0 Å². The molecule has 4 rings (SSSR count). The summed E-state index contributed by atoms with van der Waals surface area (Å²) in [6, 6.07) is 21.7. The molecule has 1 fully saturated rings. The van der Waals surface area contributed by atoms with E-state index in [0.29, 0.717) is 38.2 Å². The Bertz CT molecular complexity index is 1430. The molecule has 1 aliphatic heterocycles. The van der Waals surface area contributed by atoms with Crippen molar-refractivity contribution in [1.29, 1.82) is 5.26 Å². The van der Waals surface area contributed by atoms with E-state index in [2.05, 4.69) is 23.4 Å². The molecule has 0 amide bonds. The second kappa shape index (κ2) is 14.1. The molecule has 0 spiro atoms. The lowest BCUT2D eigenvalue weighted by molar-refractivity contribution is -0.144. The number of carboxylic acids is 1. The summed E-state index contributed by atoms with van der Waals surface area (Å²) in [4.78, 5) is 13.8. The Balaban J connectivity index is 1.64. The minimum atomic E-state index is -0.828. The van der Waals surface area contributed by atoms with Crippen LogP contribution in [-0.2, 0) is 11.3 Å². The Labute approximate surface area is 236 Å². The van der Waals surface area contributed by atoms with Gasteiger partial charge in [-0.15, -0.1) is 12.3 Å². The zero-order valence-corrected chi connectivity index (χ0v) is 22.9. The van der Waals surface area contributed by atoms with Gasteiger partial charge >= 0.3 is 5.97 Å². The van der Waals surface area contributed by atoms with E-state index in [1.54, 1.807) is 0 Å². The monoisotopic (exact) mass is 533 g/mol. The summed E-state index contributed by atoms with van der Waals surface area (Å²) in [6.07, 6.45) is 11.8. The molecule has 0 saturated carbocycles. The maximum absolute atomic E-state index is 11.9. The lowest BCUT2D eigenvalue weighted by atomic mass is 9.95. The number of benzene rings is 3. The molecule has 40 heavy (non-hydrogen) atoms.